The van der Waals surface area contributed by atoms with E-state index in [4.69, 9.17) is 4.74 Å². The summed E-state index contributed by atoms with van der Waals surface area (Å²) in [5.41, 5.74) is -6.90. The third kappa shape index (κ3) is 3.03. The van der Waals surface area contributed by atoms with Crippen LogP contribution in [-0.2, 0) is 14.8 Å². The Hall–Kier alpha value is -0.380. The summed E-state index contributed by atoms with van der Waals surface area (Å²) in [6.45, 7) is -0.674. The predicted octanol–water partition coefficient (Wildman–Crippen LogP) is -0.423. The fraction of sp³-hybridized carbons (Fsp3) is 1.00. The molecule has 1 atom stereocenters. The van der Waals surface area contributed by atoms with Gasteiger partial charge in [-0.2, -0.15) is 13.2 Å². The molecular formula is C6H10F3NO4S. The number of nitrogens with one attached hydrogen (secondary N) is 1. The molecule has 5 nitrogen and oxygen atoms in total. The summed E-state index contributed by atoms with van der Waals surface area (Å²) in [7, 11) is -5.39. The summed E-state index contributed by atoms with van der Waals surface area (Å²) >= 11 is 0. The van der Waals surface area contributed by atoms with Crippen LogP contribution in [0.15, 0.2) is 0 Å². The van der Waals surface area contributed by atoms with Crippen LogP contribution in [-0.4, -0.2) is 44.4 Å². The Kier molecular flexibility index (Phi) is 3.29. The zero-order chi connectivity index (χ0) is 11.7. The fourth-order valence-electron chi connectivity index (χ4n) is 1.05. The van der Waals surface area contributed by atoms with Crippen molar-refractivity contribution < 1.29 is 31.4 Å². The molecule has 0 saturated carbocycles. The summed E-state index contributed by atoms with van der Waals surface area (Å²) < 4.78 is 62.8. The molecule has 0 spiro atoms. The van der Waals surface area contributed by atoms with Gasteiger partial charge in [0.15, 0.2) is 0 Å². The molecule has 1 aliphatic heterocycles. The highest BCUT2D eigenvalue weighted by Crippen LogP contribution is 2.23. The lowest BCUT2D eigenvalue weighted by Crippen LogP contribution is -2.47. The Morgan fingerprint density at radius 1 is 1.47 bits per heavy atom. The maximum Gasteiger partial charge on any atom is 0.511 e. The third-order valence-electron chi connectivity index (χ3n) is 1.98. The second-order valence-corrected chi connectivity index (χ2v) is 5.06. The van der Waals surface area contributed by atoms with Crippen LogP contribution >= 0.6 is 0 Å². The van der Waals surface area contributed by atoms with Gasteiger partial charge in [0.2, 0.25) is 0 Å². The van der Waals surface area contributed by atoms with Crippen molar-refractivity contribution in [1.82, 2.24) is 4.72 Å². The first kappa shape index (κ1) is 12.7. The van der Waals surface area contributed by atoms with Gasteiger partial charge in [0.05, 0.1) is 6.61 Å². The lowest BCUT2D eigenvalue weighted by atomic mass is 10.1. The monoisotopic (exact) mass is 249 g/mol. The first-order valence-corrected chi connectivity index (χ1v) is 5.51. The molecule has 1 fully saturated rings. The van der Waals surface area contributed by atoms with Crippen LogP contribution in [0.3, 0.4) is 0 Å². The molecule has 9 heteroatoms. The molecule has 90 valence electrons. The van der Waals surface area contributed by atoms with Gasteiger partial charge in [0.25, 0.3) is 0 Å². The van der Waals surface area contributed by atoms with Crippen LogP contribution in [0.1, 0.15) is 6.42 Å². The molecule has 0 aliphatic carbocycles. The van der Waals surface area contributed by atoms with Crippen LogP contribution in [0.25, 0.3) is 0 Å². The van der Waals surface area contributed by atoms with E-state index >= 15 is 0 Å². The molecule has 15 heavy (non-hydrogen) atoms. The number of alkyl halides is 3. The lowest BCUT2D eigenvalue weighted by molar-refractivity contribution is -0.0457. The number of hydrogen-bond donors (Lipinski definition) is 2. The quantitative estimate of drug-likeness (QED) is 0.712. The van der Waals surface area contributed by atoms with Crippen molar-refractivity contribution in [3.8, 4) is 0 Å². The van der Waals surface area contributed by atoms with Crippen molar-refractivity contribution in [1.29, 1.82) is 0 Å². The zero-order valence-corrected chi connectivity index (χ0v) is 8.36. The number of sulfonamides is 1. The first-order valence-electron chi connectivity index (χ1n) is 4.02. The van der Waals surface area contributed by atoms with E-state index < -0.39 is 27.7 Å². The van der Waals surface area contributed by atoms with E-state index in [-0.39, 0.29) is 19.6 Å². The van der Waals surface area contributed by atoms with E-state index in [0.717, 1.165) is 0 Å². The summed E-state index contributed by atoms with van der Waals surface area (Å²) in [6.07, 6.45) is 0.105. The van der Waals surface area contributed by atoms with Gasteiger partial charge in [0, 0.05) is 19.6 Å². The van der Waals surface area contributed by atoms with Gasteiger partial charge in [-0.25, -0.2) is 13.1 Å². The zero-order valence-electron chi connectivity index (χ0n) is 7.54. The summed E-state index contributed by atoms with van der Waals surface area (Å²) in [5.74, 6) is 0. The van der Waals surface area contributed by atoms with Crippen molar-refractivity contribution in [3.63, 3.8) is 0 Å². The van der Waals surface area contributed by atoms with Gasteiger partial charge in [-0.05, 0) is 0 Å². The molecule has 1 unspecified atom stereocenters. The normalized spacial score (nSPS) is 28.3. The smallest absolute Gasteiger partial charge is 0.386 e. The summed E-state index contributed by atoms with van der Waals surface area (Å²) in [6, 6.07) is 0. The van der Waals surface area contributed by atoms with E-state index in [1.54, 1.807) is 0 Å². The maximum absolute atomic E-state index is 11.9. The molecule has 1 rings (SSSR count). The van der Waals surface area contributed by atoms with Crippen LogP contribution in [0, 0.1) is 0 Å². The molecule has 0 bridgehead atoms. The average molecular weight is 249 g/mol. The van der Waals surface area contributed by atoms with Crippen molar-refractivity contribution >= 4 is 10.0 Å². The molecule has 0 aromatic rings. The number of halogens is 3. The largest absolute Gasteiger partial charge is 0.511 e. The highest BCUT2D eigenvalue weighted by atomic mass is 32.2. The van der Waals surface area contributed by atoms with Crippen molar-refractivity contribution in [3.05, 3.63) is 0 Å². The lowest BCUT2D eigenvalue weighted by Gasteiger charge is -2.20. The van der Waals surface area contributed by atoms with Crippen LogP contribution in [0.4, 0.5) is 13.2 Å². The van der Waals surface area contributed by atoms with Crippen LogP contribution in [0.5, 0.6) is 0 Å². The third-order valence-corrected chi connectivity index (χ3v) is 3.11. The molecule has 1 aliphatic rings. The molecule has 0 aromatic carbocycles. The minimum atomic E-state index is -5.39. The minimum absolute atomic E-state index is 0.105. The number of rotatable bonds is 3. The molecule has 0 radical (unpaired) electrons. The fourth-order valence-corrected chi connectivity index (χ4v) is 1.67. The molecule has 0 aromatic heterocycles. The Labute approximate surface area is 84.3 Å². The van der Waals surface area contributed by atoms with Gasteiger partial charge in [-0.15, -0.1) is 0 Å². The van der Waals surface area contributed by atoms with E-state index in [2.05, 4.69) is 0 Å². The Morgan fingerprint density at radius 2 is 2.07 bits per heavy atom. The topological polar surface area (TPSA) is 75.6 Å². The highest BCUT2D eigenvalue weighted by Gasteiger charge is 2.47. The predicted molar refractivity (Wildman–Crippen MR) is 43.4 cm³/mol. The number of hydrogen-bond acceptors (Lipinski definition) is 4. The molecule has 0 amide bonds. The van der Waals surface area contributed by atoms with Crippen molar-refractivity contribution in [2.75, 3.05) is 19.8 Å². The Bertz CT molecular complexity index is 320. The Morgan fingerprint density at radius 3 is 2.47 bits per heavy atom. The van der Waals surface area contributed by atoms with E-state index in [9.17, 15) is 26.7 Å². The average Bonchev–Trinajstić information content (AvgIpc) is 2.48. The summed E-state index contributed by atoms with van der Waals surface area (Å²) in [5, 5.41) is 9.50. The standard InChI is InChI=1S/C6H10F3NO4S/c7-6(8,9)15(12,13)10-3-5(11)1-2-14-4-5/h10-11H,1-4H2. The van der Waals surface area contributed by atoms with Gasteiger partial charge < -0.3 is 9.84 Å². The molecule has 2 N–H and O–H groups in total. The van der Waals surface area contributed by atoms with Crippen LogP contribution < -0.4 is 4.72 Å². The maximum atomic E-state index is 11.9. The van der Waals surface area contributed by atoms with E-state index in [1.807, 2.05) is 0 Å². The van der Waals surface area contributed by atoms with Gasteiger partial charge in [0.1, 0.15) is 5.60 Å². The van der Waals surface area contributed by atoms with Crippen LogP contribution in [0.2, 0.25) is 0 Å². The van der Waals surface area contributed by atoms with Crippen molar-refractivity contribution in [2.24, 2.45) is 0 Å². The summed E-state index contributed by atoms with van der Waals surface area (Å²) in [4.78, 5) is 0. The second-order valence-electron chi connectivity index (χ2n) is 3.30. The highest BCUT2D eigenvalue weighted by molar-refractivity contribution is 7.90. The van der Waals surface area contributed by atoms with Gasteiger partial charge in [-0.3, -0.25) is 0 Å². The van der Waals surface area contributed by atoms with E-state index in [1.165, 1.54) is 4.72 Å². The SMILES string of the molecule is O=S(=O)(NCC1(O)CCOC1)C(F)(F)F. The van der Waals surface area contributed by atoms with E-state index in [0.29, 0.717) is 0 Å². The number of aliphatic hydroxyl groups is 1. The van der Waals surface area contributed by atoms with Gasteiger partial charge >= 0.3 is 15.5 Å². The second kappa shape index (κ2) is 3.89. The first-order chi connectivity index (χ1) is 6.66. The van der Waals surface area contributed by atoms with Gasteiger partial charge in [-0.1, -0.05) is 0 Å². The molecular weight excluding hydrogens is 239 g/mol. The molecule has 1 saturated heterocycles. The molecule has 1 heterocycles. The Balaban J connectivity index is 2.57. The minimum Gasteiger partial charge on any atom is -0.386 e. The number of ether oxygens (including phenoxy) is 1. The van der Waals surface area contributed by atoms with Crippen molar-refractivity contribution in [2.45, 2.75) is 17.5 Å².